The molecule has 0 aromatic heterocycles. The van der Waals surface area contributed by atoms with Crippen LogP contribution < -0.4 is 0 Å². The maximum absolute atomic E-state index is 12.8. The molecule has 124 valence electrons. The van der Waals surface area contributed by atoms with Gasteiger partial charge in [0.05, 0.1) is 10.5 Å². The molecule has 1 aromatic carbocycles. The number of hydrogen-bond donors (Lipinski definition) is 1. The van der Waals surface area contributed by atoms with Gasteiger partial charge in [-0.05, 0) is 31.7 Å². The molecular formula is C16H20N2O5. The minimum atomic E-state index is -1.29. The van der Waals surface area contributed by atoms with Crippen LogP contribution in [0.4, 0.5) is 5.69 Å². The number of carboxylic acids is 1. The summed E-state index contributed by atoms with van der Waals surface area (Å²) in [5, 5.41) is 20.1. The van der Waals surface area contributed by atoms with Gasteiger partial charge in [-0.2, -0.15) is 0 Å². The Bertz CT molecular complexity index is 620. The van der Waals surface area contributed by atoms with Crippen molar-refractivity contribution in [2.45, 2.75) is 45.7 Å². The Balaban J connectivity index is 2.44. The summed E-state index contributed by atoms with van der Waals surface area (Å²) in [4.78, 5) is 36.0. The average Bonchev–Trinajstić information content (AvgIpc) is 3.31. The number of non-ortho nitro benzene ring substituents is 1. The smallest absolute Gasteiger partial charge is 0.335 e. The van der Waals surface area contributed by atoms with E-state index in [1.54, 1.807) is 4.90 Å². The normalized spacial score (nSPS) is 15.3. The molecule has 2 rings (SSSR count). The molecular weight excluding hydrogens is 300 g/mol. The third-order valence-corrected chi connectivity index (χ3v) is 4.20. The molecule has 1 aromatic rings. The standard InChI is InChI=1S/C16H20N2O5/c1-9(2)10(3)17(13-4-5-13)15(19)11-6-12(16(20)21)8-14(7-11)18(22)23/h6-10,13H,4-5H2,1-3H3,(H,20,21). The Kier molecular flexibility index (Phi) is 4.68. The molecule has 1 fully saturated rings. The van der Waals surface area contributed by atoms with E-state index in [-0.39, 0.29) is 40.7 Å². The van der Waals surface area contributed by atoms with Crippen LogP contribution in [0.5, 0.6) is 0 Å². The fourth-order valence-corrected chi connectivity index (χ4v) is 2.47. The van der Waals surface area contributed by atoms with Crippen molar-refractivity contribution < 1.29 is 19.6 Å². The number of nitro groups is 1. The van der Waals surface area contributed by atoms with Gasteiger partial charge in [0.2, 0.25) is 0 Å². The second-order valence-electron chi connectivity index (χ2n) is 6.26. The lowest BCUT2D eigenvalue weighted by Gasteiger charge is -2.32. The fourth-order valence-electron chi connectivity index (χ4n) is 2.47. The summed E-state index contributed by atoms with van der Waals surface area (Å²) in [6.07, 6.45) is 1.81. The number of amides is 1. The molecule has 0 saturated heterocycles. The zero-order valence-electron chi connectivity index (χ0n) is 13.4. The van der Waals surface area contributed by atoms with Gasteiger partial charge in [-0.15, -0.1) is 0 Å². The number of nitro benzene ring substituents is 1. The molecule has 1 unspecified atom stereocenters. The molecule has 1 N–H and O–H groups in total. The van der Waals surface area contributed by atoms with Gasteiger partial charge in [0, 0.05) is 29.8 Å². The zero-order valence-corrected chi connectivity index (χ0v) is 13.4. The minimum absolute atomic E-state index is 0.0254. The van der Waals surface area contributed by atoms with Crippen LogP contribution in [0.1, 0.15) is 54.3 Å². The van der Waals surface area contributed by atoms with E-state index in [2.05, 4.69) is 0 Å². The van der Waals surface area contributed by atoms with Crippen LogP contribution in [0.3, 0.4) is 0 Å². The number of hydrogen-bond acceptors (Lipinski definition) is 4. The van der Waals surface area contributed by atoms with E-state index in [1.807, 2.05) is 20.8 Å². The summed E-state index contributed by atoms with van der Waals surface area (Å²) in [5.74, 6) is -1.41. The van der Waals surface area contributed by atoms with E-state index >= 15 is 0 Å². The SMILES string of the molecule is CC(C)C(C)N(C(=O)c1cc(C(=O)O)cc([N+](=O)[O-])c1)C1CC1. The van der Waals surface area contributed by atoms with Gasteiger partial charge in [0.15, 0.2) is 0 Å². The van der Waals surface area contributed by atoms with E-state index in [1.165, 1.54) is 6.07 Å². The van der Waals surface area contributed by atoms with Crippen molar-refractivity contribution >= 4 is 17.6 Å². The van der Waals surface area contributed by atoms with E-state index in [4.69, 9.17) is 5.11 Å². The number of carbonyl (C=O) groups excluding carboxylic acids is 1. The summed E-state index contributed by atoms with van der Waals surface area (Å²) >= 11 is 0. The molecule has 1 saturated carbocycles. The lowest BCUT2D eigenvalue weighted by Crippen LogP contribution is -2.43. The van der Waals surface area contributed by atoms with Crippen molar-refractivity contribution in [2.24, 2.45) is 5.92 Å². The third-order valence-electron chi connectivity index (χ3n) is 4.20. The largest absolute Gasteiger partial charge is 0.478 e. The Labute approximate surface area is 134 Å². The topological polar surface area (TPSA) is 101 Å². The van der Waals surface area contributed by atoms with Crippen molar-refractivity contribution in [3.05, 3.63) is 39.4 Å². The Hall–Kier alpha value is -2.44. The number of aromatic carboxylic acids is 1. The molecule has 7 heteroatoms. The first-order valence-electron chi connectivity index (χ1n) is 7.57. The summed E-state index contributed by atoms with van der Waals surface area (Å²) in [6, 6.07) is 3.43. The molecule has 7 nitrogen and oxygen atoms in total. The number of carbonyl (C=O) groups is 2. The molecule has 1 aliphatic rings. The summed E-state index contributed by atoms with van der Waals surface area (Å²) in [6.45, 7) is 5.95. The fraction of sp³-hybridized carbons (Fsp3) is 0.500. The first kappa shape index (κ1) is 16.9. The lowest BCUT2D eigenvalue weighted by molar-refractivity contribution is -0.384. The molecule has 0 spiro atoms. The molecule has 0 radical (unpaired) electrons. The summed E-state index contributed by atoms with van der Waals surface area (Å²) in [5.41, 5.74) is -0.590. The number of rotatable bonds is 6. The number of nitrogens with zero attached hydrogens (tertiary/aromatic N) is 2. The molecule has 1 atom stereocenters. The second kappa shape index (κ2) is 6.36. The summed E-state index contributed by atoms with van der Waals surface area (Å²) in [7, 11) is 0. The van der Waals surface area contributed by atoms with Crippen molar-refractivity contribution in [3.63, 3.8) is 0 Å². The number of benzene rings is 1. The maximum Gasteiger partial charge on any atom is 0.335 e. The minimum Gasteiger partial charge on any atom is -0.478 e. The van der Waals surface area contributed by atoms with Crippen LogP contribution in [0.15, 0.2) is 18.2 Å². The quantitative estimate of drug-likeness (QED) is 0.641. The predicted octanol–water partition coefficient (Wildman–Crippen LogP) is 2.94. The molecule has 0 aliphatic heterocycles. The van der Waals surface area contributed by atoms with Gasteiger partial charge in [-0.1, -0.05) is 13.8 Å². The van der Waals surface area contributed by atoms with Crippen LogP contribution in [-0.2, 0) is 0 Å². The van der Waals surface area contributed by atoms with Gasteiger partial charge in [0.25, 0.3) is 11.6 Å². The van der Waals surface area contributed by atoms with Crippen LogP contribution in [-0.4, -0.2) is 38.9 Å². The third kappa shape index (κ3) is 3.67. The summed E-state index contributed by atoms with van der Waals surface area (Å²) < 4.78 is 0. The van der Waals surface area contributed by atoms with E-state index in [9.17, 15) is 19.7 Å². The lowest BCUT2D eigenvalue weighted by atomic mass is 10.0. The first-order valence-corrected chi connectivity index (χ1v) is 7.57. The Morgan fingerprint density at radius 2 is 1.78 bits per heavy atom. The van der Waals surface area contributed by atoms with Gasteiger partial charge >= 0.3 is 5.97 Å². The van der Waals surface area contributed by atoms with Crippen molar-refractivity contribution in [1.29, 1.82) is 0 Å². The van der Waals surface area contributed by atoms with Crippen LogP contribution in [0, 0.1) is 16.0 Å². The highest BCUT2D eigenvalue weighted by atomic mass is 16.6. The highest BCUT2D eigenvalue weighted by Gasteiger charge is 2.37. The monoisotopic (exact) mass is 320 g/mol. The molecule has 1 aliphatic carbocycles. The van der Waals surface area contributed by atoms with Gasteiger partial charge in [-0.25, -0.2) is 4.79 Å². The molecule has 0 bridgehead atoms. The van der Waals surface area contributed by atoms with Crippen molar-refractivity contribution in [1.82, 2.24) is 4.90 Å². The van der Waals surface area contributed by atoms with E-state index in [0.29, 0.717) is 0 Å². The van der Waals surface area contributed by atoms with Gasteiger partial charge < -0.3 is 10.0 Å². The van der Waals surface area contributed by atoms with Crippen LogP contribution >= 0.6 is 0 Å². The Morgan fingerprint density at radius 3 is 2.22 bits per heavy atom. The molecule has 0 heterocycles. The zero-order chi connectivity index (χ0) is 17.3. The van der Waals surface area contributed by atoms with Crippen molar-refractivity contribution in [3.8, 4) is 0 Å². The van der Waals surface area contributed by atoms with E-state index < -0.39 is 10.9 Å². The van der Waals surface area contributed by atoms with Crippen molar-refractivity contribution in [2.75, 3.05) is 0 Å². The first-order chi connectivity index (χ1) is 10.7. The van der Waals surface area contributed by atoms with Gasteiger partial charge in [-0.3, -0.25) is 14.9 Å². The van der Waals surface area contributed by atoms with Gasteiger partial charge in [0.1, 0.15) is 0 Å². The Morgan fingerprint density at radius 1 is 1.22 bits per heavy atom. The van der Waals surface area contributed by atoms with Crippen LogP contribution in [0.25, 0.3) is 0 Å². The number of carboxylic acid groups (broad SMARTS) is 1. The highest BCUT2D eigenvalue weighted by molar-refractivity contribution is 5.99. The van der Waals surface area contributed by atoms with E-state index in [0.717, 1.165) is 25.0 Å². The second-order valence-corrected chi connectivity index (χ2v) is 6.26. The maximum atomic E-state index is 12.8. The average molecular weight is 320 g/mol. The molecule has 1 amide bonds. The highest BCUT2D eigenvalue weighted by Crippen LogP contribution is 2.32. The molecule has 23 heavy (non-hydrogen) atoms. The predicted molar refractivity (Wildman–Crippen MR) is 83.5 cm³/mol. The van der Waals surface area contributed by atoms with Crippen LogP contribution in [0.2, 0.25) is 0 Å².